The number of nitrogens with one attached hydrogen (secondary N) is 1. The number of amides is 2. The largest absolute Gasteiger partial charge is 0.332 e. The number of rotatable bonds is 5. The highest BCUT2D eigenvalue weighted by Gasteiger charge is 2.12. The van der Waals surface area contributed by atoms with Gasteiger partial charge in [-0.3, -0.25) is 4.98 Å². The Bertz CT molecular complexity index is 499. The molecule has 0 aliphatic rings. The number of aromatic nitrogens is 1. The molecule has 2 amide bonds. The predicted octanol–water partition coefficient (Wildman–Crippen LogP) is 2.87. The van der Waals surface area contributed by atoms with Crippen LogP contribution in [0.5, 0.6) is 0 Å². The first-order valence-electron chi connectivity index (χ1n) is 6.24. The molecule has 2 rings (SSSR count). The first kappa shape index (κ1) is 13.5. The second-order valence-corrected chi connectivity index (χ2v) is 5.11. The van der Waals surface area contributed by atoms with Crippen LogP contribution in [0, 0.1) is 0 Å². The molecule has 0 saturated heterocycles. The monoisotopic (exact) mass is 275 g/mol. The highest BCUT2D eigenvalue weighted by Crippen LogP contribution is 2.11. The number of urea groups is 1. The standard InChI is InChI=1S/C14H17N3OS/c1-2-17(11-13-7-5-9-19-13)14(18)16-10-12-6-3-4-8-15-12/h3-9H,2,10-11H2,1H3,(H,16,18). The van der Waals surface area contributed by atoms with Crippen molar-refractivity contribution in [1.82, 2.24) is 15.2 Å². The number of carbonyl (C=O) groups is 1. The van der Waals surface area contributed by atoms with Gasteiger partial charge in [0.1, 0.15) is 0 Å². The first-order chi connectivity index (χ1) is 9.29. The fourth-order valence-corrected chi connectivity index (χ4v) is 2.42. The van der Waals surface area contributed by atoms with Gasteiger partial charge >= 0.3 is 6.03 Å². The molecule has 0 aliphatic carbocycles. The molecule has 0 aliphatic heterocycles. The van der Waals surface area contributed by atoms with Gasteiger partial charge in [0.25, 0.3) is 0 Å². The summed E-state index contributed by atoms with van der Waals surface area (Å²) >= 11 is 1.66. The SMILES string of the molecule is CCN(Cc1cccs1)C(=O)NCc1ccccn1. The minimum absolute atomic E-state index is 0.0541. The van der Waals surface area contributed by atoms with E-state index >= 15 is 0 Å². The number of hydrogen-bond acceptors (Lipinski definition) is 3. The van der Waals surface area contributed by atoms with Crippen LogP contribution >= 0.6 is 11.3 Å². The van der Waals surface area contributed by atoms with Crippen LogP contribution < -0.4 is 5.32 Å². The number of nitrogens with zero attached hydrogens (tertiary/aromatic N) is 2. The van der Waals surface area contributed by atoms with Crippen molar-refractivity contribution in [2.75, 3.05) is 6.54 Å². The van der Waals surface area contributed by atoms with Gasteiger partial charge in [0.15, 0.2) is 0 Å². The third-order valence-corrected chi connectivity index (χ3v) is 3.60. The Hall–Kier alpha value is -1.88. The number of pyridine rings is 1. The van der Waals surface area contributed by atoms with Crippen molar-refractivity contribution < 1.29 is 4.79 Å². The molecule has 19 heavy (non-hydrogen) atoms. The van der Waals surface area contributed by atoms with Crippen LogP contribution in [0.25, 0.3) is 0 Å². The Labute approximate surface area is 117 Å². The van der Waals surface area contributed by atoms with E-state index in [2.05, 4.69) is 10.3 Å². The second kappa shape index (κ2) is 6.89. The van der Waals surface area contributed by atoms with Crippen molar-refractivity contribution in [3.8, 4) is 0 Å². The highest BCUT2D eigenvalue weighted by atomic mass is 32.1. The Morgan fingerprint density at radius 1 is 1.37 bits per heavy atom. The van der Waals surface area contributed by atoms with E-state index < -0.39 is 0 Å². The molecule has 1 N–H and O–H groups in total. The molecule has 0 fully saturated rings. The summed E-state index contributed by atoms with van der Waals surface area (Å²) in [6.07, 6.45) is 1.73. The van der Waals surface area contributed by atoms with Crippen molar-refractivity contribution in [2.45, 2.75) is 20.0 Å². The molecule has 0 unspecified atom stereocenters. The Balaban J connectivity index is 1.87. The van der Waals surface area contributed by atoms with Gasteiger partial charge in [-0.15, -0.1) is 11.3 Å². The number of carbonyl (C=O) groups excluding carboxylic acids is 1. The van der Waals surface area contributed by atoms with E-state index in [1.807, 2.05) is 42.6 Å². The summed E-state index contributed by atoms with van der Waals surface area (Å²) in [5.74, 6) is 0. The quantitative estimate of drug-likeness (QED) is 0.912. The van der Waals surface area contributed by atoms with Gasteiger partial charge < -0.3 is 10.2 Å². The van der Waals surface area contributed by atoms with Crippen LogP contribution in [-0.4, -0.2) is 22.5 Å². The Morgan fingerprint density at radius 2 is 2.26 bits per heavy atom. The molecule has 100 valence electrons. The third-order valence-electron chi connectivity index (χ3n) is 2.74. The van der Waals surface area contributed by atoms with Gasteiger partial charge in [0.05, 0.1) is 18.8 Å². The molecule has 4 nitrogen and oxygen atoms in total. The smallest absolute Gasteiger partial charge is 0.318 e. The van der Waals surface area contributed by atoms with E-state index in [0.29, 0.717) is 19.6 Å². The summed E-state index contributed by atoms with van der Waals surface area (Å²) in [5, 5.41) is 4.91. The lowest BCUT2D eigenvalue weighted by Crippen LogP contribution is -2.38. The lowest BCUT2D eigenvalue weighted by Gasteiger charge is -2.20. The minimum Gasteiger partial charge on any atom is -0.332 e. The van der Waals surface area contributed by atoms with Gasteiger partial charge in [0.2, 0.25) is 0 Å². The summed E-state index contributed by atoms with van der Waals surface area (Å²) in [6.45, 7) is 3.78. The van der Waals surface area contributed by atoms with Crippen molar-refractivity contribution in [2.24, 2.45) is 0 Å². The van der Waals surface area contributed by atoms with E-state index in [0.717, 1.165) is 5.69 Å². The van der Waals surface area contributed by atoms with Crippen LogP contribution in [0.1, 0.15) is 17.5 Å². The van der Waals surface area contributed by atoms with Gasteiger partial charge in [-0.1, -0.05) is 12.1 Å². The normalized spacial score (nSPS) is 10.2. The van der Waals surface area contributed by atoms with Crippen LogP contribution in [0.15, 0.2) is 41.9 Å². The molecule has 0 saturated carbocycles. The fraction of sp³-hybridized carbons (Fsp3) is 0.286. The van der Waals surface area contributed by atoms with Gasteiger partial charge in [-0.05, 0) is 30.5 Å². The molecule has 2 aromatic rings. The summed E-state index contributed by atoms with van der Waals surface area (Å²) in [4.78, 5) is 19.2. The highest BCUT2D eigenvalue weighted by molar-refractivity contribution is 7.09. The summed E-state index contributed by atoms with van der Waals surface area (Å²) in [5.41, 5.74) is 0.864. The maximum Gasteiger partial charge on any atom is 0.318 e. The maximum absolute atomic E-state index is 12.1. The van der Waals surface area contributed by atoms with Gasteiger partial charge in [-0.2, -0.15) is 0 Å². The number of thiophene rings is 1. The zero-order chi connectivity index (χ0) is 13.5. The summed E-state index contributed by atoms with van der Waals surface area (Å²) < 4.78 is 0. The van der Waals surface area contributed by atoms with E-state index in [9.17, 15) is 4.79 Å². The van der Waals surface area contributed by atoms with Crippen molar-refractivity contribution in [3.05, 3.63) is 52.5 Å². The van der Waals surface area contributed by atoms with E-state index in [1.165, 1.54) is 4.88 Å². The van der Waals surface area contributed by atoms with Gasteiger partial charge in [0, 0.05) is 17.6 Å². The molecule has 0 spiro atoms. The Kier molecular flexibility index (Phi) is 4.92. The lowest BCUT2D eigenvalue weighted by atomic mass is 10.3. The molecule has 5 heteroatoms. The molecule has 0 radical (unpaired) electrons. The minimum atomic E-state index is -0.0541. The second-order valence-electron chi connectivity index (χ2n) is 4.07. The molecule has 2 heterocycles. The molecule has 0 bridgehead atoms. The average Bonchev–Trinajstić information content (AvgIpc) is 2.96. The van der Waals surface area contributed by atoms with Crippen LogP contribution in [0.4, 0.5) is 4.79 Å². The molecular formula is C14H17N3OS. The fourth-order valence-electron chi connectivity index (χ4n) is 1.70. The zero-order valence-electron chi connectivity index (χ0n) is 10.9. The van der Waals surface area contributed by atoms with E-state index in [4.69, 9.17) is 0 Å². The van der Waals surface area contributed by atoms with E-state index in [-0.39, 0.29) is 6.03 Å². The van der Waals surface area contributed by atoms with Crippen LogP contribution in [0.3, 0.4) is 0 Å². The first-order valence-corrected chi connectivity index (χ1v) is 7.12. The van der Waals surface area contributed by atoms with Crippen molar-refractivity contribution in [3.63, 3.8) is 0 Å². The van der Waals surface area contributed by atoms with Crippen molar-refractivity contribution >= 4 is 17.4 Å². The molecule has 0 atom stereocenters. The zero-order valence-corrected chi connectivity index (χ0v) is 11.7. The third kappa shape index (κ3) is 4.06. The summed E-state index contributed by atoms with van der Waals surface area (Å²) in [6, 6.07) is 9.66. The van der Waals surface area contributed by atoms with Crippen molar-refractivity contribution in [1.29, 1.82) is 0 Å². The topological polar surface area (TPSA) is 45.2 Å². The molecular weight excluding hydrogens is 258 g/mol. The maximum atomic E-state index is 12.1. The van der Waals surface area contributed by atoms with Crippen LogP contribution in [0.2, 0.25) is 0 Å². The van der Waals surface area contributed by atoms with E-state index in [1.54, 1.807) is 22.4 Å². The molecule has 2 aromatic heterocycles. The lowest BCUT2D eigenvalue weighted by molar-refractivity contribution is 0.198. The number of hydrogen-bond donors (Lipinski definition) is 1. The van der Waals surface area contributed by atoms with Crippen LogP contribution in [-0.2, 0) is 13.1 Å². The average molecular weight is 275 g/mol. The van der Waals surface area contributed by atoms with Gasteiger partial charge in [-0.25, -0.2) is 4.79 Å². The molecule has 0 aromatic carbocycles. The Morgan fingerprint density at radius 3 is 2.89 bits per heavy atom. The predicted molar refractivity (Wildman–Crippen MR) is 76.9 cm³/mol. The summed E-state index contributed by atoms with van der Waals surface area (Å²) in [7, 11) is 0.